The number of hydrogen-bond acceptors (Lipinski definition) is 4. The van der Waals surface area contributed by atoms with Crippen LogP contribution in [0.5, 0.6) is 0 Å². The van der Waals surface area contributed by atoms with Gasteiger partial charge in [0, 0.05) is 11.6 Å². The fourth-order valence-corrected chi connectivity index (χ4v) is 2.21. The molecule has 2 N–H and O–H groups in total. The summed E-state index contributed by atoms with van der Waals surface area (Å²) in [5.74, 6) is -0.501. The molecular formula is C17H12N2O4. The molecular weight excluding hydrogens is 296 g/mol. The summed E-state index contributed by atoms with van der Waals surface area (Å²) in [6.07, 6.45) is 0. The Morgan fingerprint density at radius 2 is 1.52 bits per heavy atom. The maximum Gasteiger partial charge on any atom is 0.362 e. The van der Waals surface area contributed by atoms with E-state index in [2.05, 4.69) is 4.98 Å². The molecule has 114 valence electrons. The van der Waals surface area contributed by atoms with Crippen LogP contribution in [-0.2, 0) is 0 Å². The number of aromatic amines is 1. The number of hydrogen-bond donors (Lipinski definition) is 2. The Bertz CT molecular complexity index is 939. The summed E-state index contributed by atoms with van der Waals surface area (Å²) >= 11 is 0. The molecule has 0 spiro atoms. The Balaban J connectivity index is 1.95. The summed E-state index contributed by atoms with van der Waals surface area (Å²) in [6.45, 7) is 0. The lowest BCUT2D eigenvalue weighted by molar-refractivity contribution is 0.103. The smallest absolute Gasteiger partial charge is 0.362 e. The molecule has 0 saturated heterocycles. The highest BCUT2D eigenvalue weighted by atomic mass is 16.5. The lowest BCUT2D eigenvalue weighted by atomic mass is 10.0. The molecule has 0 amide bonds. The van der Waals surface area contributed by atoms with Crippen molar-refractivity contribution in [3.63, 3.8) is 0 Å². The van der Waals surface area contributed by atoms with Gasteiger partial charge in [0.1, 0.15) is 0 Å². The van der Waals surface area contributed by atoms with Gasteiger partial charge in [0.15, 0.2) is 0 Å². The van der Waals surface area contributed by atoms with E-state index in [0.29, 0.717) is 5.56 Å². The van der Waals surface area contributed by atoms with Crippen LogP contribution >= 0.6 is 0 Å². The number of aromatic nitrogens is 2. The van der Waals surface area contributed by atoms with Crippen molar-refractivity contribution >= 4 is 5.78 Å². The summed E-state index contributed by atoms with van der Waals surface area (Å²) in [5.41, 5.74) is 0.108. The number of nitrogens with zero attached hydrogens (tertiary/aromatic N) is 1. The number of carbonyl (C=O) groups excluding carboxylic acids is 1. The minimum Gasteiger partial charge on any atom is -0.421 e. The second-order valence-electron chi connectivity index (χ2n) is 4.91. The summed E-state index contributed by atoms with van der Waals surface area (Å²) in [5, 5.41) is 9.09. The molecule has 3 rings (SSSR count). The second-order valence-corrected chi connectivity index (χ2v) is 4.91. The lowest BCUT2D eigenvalue weighted by Crippen LogP contribution is -2.34. The van der Waals surface area contributed by atoms with Gasteiger partial charge in [0.2, 0.25) is 5.78 Å². The number of rotatable bonds is 3. The van der Waals surface area contributed by atoms with Gasteiger partial charge in [-0.2, -0.15) is 0 Å². The van der Waals surface area contributed by atoms with Crippen LogP contribution in [0.4, 0.5) is 0 Å². The molecule has 0 aliphatic rings. The zero-order valence-corrected chi connectivity index (χ0v) is 11.9. The van der Waals surface area contributed by atoms with E-state index in [-0.39, 0.29) is 10.4 Å². The van der Waals surface area contributed by atoms with Crippen LogP contribution in [0.2, 0.25) is 0 Å². The molecule has 0 fully saturated rings. The predicted molar refractivity (Wildman–Crippen MR) is 83.8 cm³/mol. The third-order valence-electron chi connectivity index (χ3n) is 3.41. The number of H-pyrrole nitrogens is 1. The molecule has 0 aliphatic heterocycles. The topological polar surface area (TPSA) is 92.2 Å². The third kappa shape index (κ3) is 2.82. The van der Waals surface area contributed by atoms with E-state index in [4.69, 9.17) is 5.21 Å². The van der Waals surface area contributed by atoms with Crippen molar-refractivity contribution < 1.29 is 10.0 Å². The number of nitrogens with one attached hydrogen (secondary N) is 1. The van der Waals surface area contributed by atoms with E-state index in [9.17, 15) is 14.4 Å². The number of benzene rings is 2. The van der Waals surface area contributed by atoms with Gasteiger partial charge in [0.25, 0.3) is 5.56 Å². The highest BCUT2D eigenvalue weighted by Gasteiger charge is 2.13. The van der Waals surface area contributed by atoms with Crippen molar-refractivity contribution in [2.45, 2.75) is 0 Å². The molecule has 6 heteroatoms. The molecule has 6 nitrogen and oxygen atoms in total. The molecule has 2 aromatic carbocycles. The largest absolute Gasteiger partial charge is 0.421 e. The Hall–Kier alpha value is -3.41. The van der Waals surface area contributed by atoms with Crippen molar-refractivity contribution in [3.05, 3.63) is 92.8 Å². The van der Waals surface area contributed by atoms with Gasteiger partial charge in [-0.3, -0.25) is 9.59 Å². The zero-order valence-electron chi connectivity index (χ0n) is 11.9. The Morgan fingerprint density at radius 3 is 2.13 bits per heavy atom. The van der Waals surface area contributed by atoms with Crippen LogP contribution in [0.25, 0.3) is 11.1 Å². The Kier molecular flexibility index (Phi) is 3.64. The van der Waals surface area contributed by atoms with Crippen LogP contribution in [0.1, 0.15) is 16.1 Å². The standard InChI is InChI=1S/C17H12N2O4/c20-15-10-14(18-17(22)19(15)23)16(21)13-8-6-12(7-9-13)11-4-2-1-3-5-11/h1-10,23H,(H,18,22). The molecule has 0 unspecified atom stereocenters. The average molecular weight is 308 g/mol. The zero-order chi connectivity index (χ0) is 16.4. The SMILES string of the molecule is O=C(c1ccc(-c2ccccc2)cc1)c1cc(=O)n(O)c(=O)[nH]1. The first kappa shape index (κ1) is 14.5. The van der Waals surface area contributed by atoms with Crippen molar-refractivity contribution in [2.24, 2.45) is 0 Å². The van der Waals surface area contributed by atoms with Crippen molar-refractivity contribution in [1.82, 2.24) is 9.71 Å². The summed E-state index contributed by atoms with van der Waals surface area (Å²) < 4.78 is -0.0880. The molecule has 1 aromatic heterocycles. The molecule has 0 saturated carbocycles. The number of ketones is 1. The first-order chi connectivity index (χ1) is 11.1. The minimum absolute atomic E-state index is 0.0880. The van der Waals surface area contributed by atoms with Gasteiger partial charge in [-0.05, 0) is 11.1 Å². The van der Waals surface area contributed by atoms with E-state index in [1.54, 1.807) is 24.3 Å². The van der Waals surface area contributed by atoms with E-state index >= 15 is 0 Å². The monoisotopic (exact) mass is 308 g/mol. The minimum atomic E-state index is -1.05. The van der Waals surface area contributed by atoms with E-state index < -0.39 is 17.0 Å². The first-order valence-corrected chi connectivity index (χ1v) is 6.82. The first-order valence-electron chi connectivity index (χ1n) is 6.82. The molecule has 0 bridgehead atoms. The van der Waals surface area contributed by atoms with Crippen LogP contribution in [0.15, 0.2) is 70.3 Å². The average Bonchev–Trinajstić information content (AvgIpc) is 2.59. The fraction of sp³-hybridized carbons (Fsp3) is 0. The number of carbonyl (C=O) groups is 1. The molecule has 0 atom stereocenters. The lowest BCUT2D eigenvalue weighted by Gasteiger charge is -2.04. The van der Waals surface area contributed by atoms with Crippen LogP contribution in [0.3, 0.4) is 0 Å². The summed E-state index contributed by atoms with van der Waals surface area (Å²) in [6, 6.07) is 17.4. The van der Waals surface area contributed by atoms with E-state index in [1.165, 1.54) is 0 Å². The van der Waals surface area contributed by atoms with Gasteiger partial charge in [0.05, 0.1) is 5.69 Å². The Labute approximate surface area is 130 Å². The highest BCUT2D eigenvalue weighted by Crippen LogP contribution is 2.19. The van der Waals surface area contributed by atoms with Crippen molar-refractivity contribution in [3.8, 4) is 11.1 Å². The van der Waals surface area contributed by atoms with Crippen LogP contribution in [-0.4, -0.2) is 20.7 Å². The van der Waals surface area contributed by atoms with Gasteiger partial charge in [-0.1, -0.05) is 59.3 Å². The van der Waals surface area contributed by atoms with E-state index in [1.807, 2.05) is 30.3 Å². The van der Waals surface area contributed by atoms with Crippen LogP contribution in [0, 0.1) is 0 Å². The Morgan fingerprint density at radius 1 is 0.913 bits per heavy atom. The quantitative estimate of drug-likeness (QED) is 0.568. The predicted octanol–water partition coefficient (Wildman–Crippen LogP) is 1.67. The van der Waals surface area contributed by atoms with Gasteiger partial charge >= 0.3 is 5.69 Å². The third-order valence-corrected chi connectivity index (χ3v) is 3.41. The summed E-state index contributed by atoms with van der Waals surface area (Å²) in [7, 11) is 0. The van der Waals surface area contributed by atoms with E-state index in [0.717, 1.165) is 17.2 Å². The molecule has 0 aliphatic carbocycles. The van der Waals surface area contributed by atoms with Gasteiger partial charge in [-0.25, -0.2) is 4.79 Å². The maximum absolute atomic E-state index is 12.3. The van der Waals surface area contributed by atoms with Crippen molar-refractivity contribution in [2.75, 3.05) is 0 Å². The second kappa shape index (κ2) is 5.76. The molecule has 1 heterocycles. The summed E-state index contributed by atoms with van der Waals surface area (Å²) in [4.78, 5) is 37.2. The van der Waals surface area contributed by atoms with Crippen LogP contribution < -0.4 is 11.2 Å². The molecule has 0 radical (unpaired) electrons. The van der Waals surface area contributed by atoms with Crippen molar-refractivity contribution in [1.29, 1.82) is 0 Å². The van der Waals surface area contributed by atoms with Gasteiger partial charge < -0.3 is 10.2 Å². The highest BCUT2D eigenvalue weighted by molar-refractivity contribution is 6.07. The normalized spacial score (nSPS) is 10.4. The molecule has 3 aromatic rings. The van der Waals surface area contributed by atoms with Gasteiger partial charge in [-0.15, -0.1) is 0 Å². The fourth-order valence-electron chi connectivity index (χ4n) is 2.21. The molecule has 23 heavy (non-hydrogen) atoms. The maximum atomic E-state index is 12.3.